The van der Waals surface area contributed by atoms with Gasteiger partial charge >= 0.3 is 0 Å². The number of hydrogen-bond acceptors (Lipinski definition) is 1. The first-order valence-corrected chi connectivity index (χ1v) is 2.87. The van der Waals surface area contributed by atoms with Gasteiger partial charge in [0.15, 0.2) is 0 Å². The molecule has 0 aromatic carbocycles. The van der Waals surface area contributed by atoms with Crippen LogP contribution in [0.3, 0.4) is 0 Å². The Kier molecular flexibility index (Phi) is 2.07. The second-order valence-corrected chi connectivity index (χ2v) is 1.88. The fourth-order valence-corrected chi connectivity index (χ4v) is 0.712. The highest BCUT2D eigenvalue weighted by atomic mass is 16.1. The van der Waals surface area contributed by atoms with Crippen LogP contribution in [0.1, 0.15) is 25.7 Å². The van der Waals surface area contributed by atoms with Crippen molar-refractivity contribution in [1.29, 1.82) is 0 Å². The van der Waals surface area contributed by atoms with Gasteiger partial charge in [-0.05, 0) is 25.7 Å². The quantitative estimate of drug-likeness (QED) is 0.427. The Morgan fingerprint density at radius 3 is 3.25 bits per heavy atom. The van der Waals surface area contributed by atoms with Crippen molar-refractivity contribution >= 4 is 5.78 Å². The molecule has 1 aliphatic carbocycles. The van der Waals surface area contributed by atoms with Crippen molar-refractivity contribution in [2.75, 3.05) is 0 Å². The lowest BCUT2D eigenvalue weighted by Gasteiger charge is -1.85. The molecule has 0 aliphatic heterocycles. The van der Waals surface area contributed by atoms with Crippen LogP contribution < -0.4 is 0 Å². The summed E-state index contributed by atoms with van der Waals surface area (Å²) < 4.78 is 0. The third kappa shape index (κ3) is 1.65. The Balaban J connectivity index is 2.27. The van der Waals surface area contributed by atoms with Crippen molar-refractivity contribution in [3.8, 4) is 0 Å². The predicted octanol–water partition coefficient (Wildman–Crippen LogP) is 1.29. The van der Waals surface area contributed by atoms with E-state index in [1.165, 1.54) is 0 Å². The fraction of sp³-hybridized carbons (Fsp3) is 0.571. The minimum Gasteiger partial charge on any atom is -0.299 e. The van der Waals surface area contributed by atoms with Gasteiger partial charge in [0, 0.05) is 6.42 Å². The van der Waals surface area contributed by atoms with Crippen molar-refractivity contribution in [2.45, 2.75) is 25.7 Å². The van der Waals surface area contributed by atoms with Crippen LogP contribution in [0.5, 0.6) is 0 Å². The lowest BCUT2D eigenvalue weighted by atomic mass is 10.2. The Hall–Kier alpha value is -0.330. The molecule has 0 N–H and O–H groups in total. The number of rotatable bonds is 0. The molecule has 1 saturated carbocycles. The van der Waals surface area contributed by atoms with Gasteiger partial charge in [0.05, 0.1) is 6.42 Å². The summed E-state index contributed by atoms with van der Waals surface area (Å²) in [6, 6.07) is 0. The molecule has 0 atom stereocenters. The molecule has 0 aromatic rings. The first kappa shape index (κ1) is 5.80. The van der Waals surface area contributed by atoms with E-state index >= 15 is 0 Å². The van der Waals surface area contributed by atoms with Crippen molar-refractivity contribution in [2.24, 2.45) is 0 Å². The minimum absolute atomic E-state index is 0.162. The van der Waals surface area contributed by atoms with Gasteiger partial charge in [-0.1, -0.05) is 0 Å². The zero-order valence-electron chi connectivity index (χ0n) is 4.74. The molecule has 4 radical (unpaired) electrons. The van der Waals surface area contributed by atoms with Gasteiger partial charge in [-0.25, -0.2) is 0 Å². The van der Waals surface area contributed by atoms with E-state index in [4.69, 9.17) is 0 Å². The molecule has 0 spiro atoms. The van der Waals surface area contributed by atoms with E-state index in [9.17, 15) is 4.79 Å². The van der Waals surface area contributed by atoms with Gasteiger partial charge in [-0.15, -0.1) is 0 Å². The monoisotopic (exact) mass is 108 g/mol. The van der Waals surface area contributed by atoms with Crippen molar-refractivity contribution < 1.29 is 4.79 Å². The largest absolute Gasteiger partial charge is 0.299 e. The number of carbonyl (C=O) groups excluding carboxylic acids is 1. The van der Waals surface area contributed by atoms with Crippen LogP contribution in [0.25, 0.3) is 0 Å². The van der Waals surface area contributed by atoms with E-state index in [2.05, 4.69) is 12.8 Å². The van der Waals surface area contributed by atoms with Crippen LogP contribution in [-0.4, -0.2) is 5.78 Å². The third-order valence-corrected chi connectivity index (χ3v) is 1.17. The second-order valence-electron chi connectivity index (χ2n) is 1.88. The molecule has 0 aromatic heterocycles. The maximum Gasteiger partial charge on any atom is 0.141 e. The van der Waals surface area contributed by atoms with Crippen molar-refractivity contribution in [1.82, 2.24) is 0 Å². The Morgan fingerprint density at radius 2 is 2.38 bits per heavy atom. The third-order valence-electron chi connectivity index (χ3n) is 1.17. The Bertz CT molecular complexity index is 76.4. The number of carbonyl (C=O) groups is 1. The van der Waals surface area contributed by atoms with Crippen molar-refractivity contribution in [3.63, 3.8) is 0 Å². The molecule has 1 nitrogen and oxygen atoms in total. The summed E-state index contributed by atoms with van der Waals surface area (Å²) in [5.74, 6) is 0.162. The van der Waals surface area contributed by atoms with E-state index < -0.39 is 0 Å². The van der Waals surface area contributed by atoms with E-state index in [-0.39, 0.29) is 5.78 Å². The van der Waals surface area contributed by atoms with Crippen LogP contribution >= 0.6 is 0 Å². The van der Waals surface area contributed by atoms with Gasteiger partial charge in [-0.2, -0.15) is 0 Å². The number of hydrogen-bond donors (Lipinski definition) is 0. The first-order chi connectivity index (χ1) is 3.89. The molecule has 1 rings (SSSR count). The lowest BCUT2D eigenvalue weighted by Crippen LogP contribution is -1.93. The van der Waals surface area contributed by atoms with Gasteiger partial charge in [0.25, 0.3) is 0 Å². The summed E-state index contributed by atoms with van der Waals surface area (Å²) in [5, 5.41) is 0. The molecule has 1 fully saturated rings. The molecule has 0 amide bonds. The molecule has 1 aliphatic rings. The summed E-state index contributed by atoms with van der Waals surface area (Å²) in [4.78, 5) is 10.5. The molecule has 0 saturated heterocycles. The molecule has 0 bridgehead atoms. The smallest absolute Gasteiger partial charge is 0.141 e. The van der Waals surface area contributed by atoms with Gasteiger partial charge in [0.1, 0.15) is 5.78 Å². The second kappa shape index (κ2) is 2.85. The van der Waals surface area contributed by atoms with E-state index in [0.717, 1.165) is 12.8 Å². The zero-order valence-corrected chi connectivity index (χ0v) is 4.74. The molecule has 42 valence electrons. The Labute approximate surface area is 50.1 Å². The average Bonchev–Trinajstić information content (AvgIpc) is 1.94. The predicted molar refractivity (Wildman–Crippen MR) is 30.0 cm³/mol. The van der Waals surface area contributed by atoms with Crippen LogP contribution in [0.2, 0.25) is 0 Å². The molecule has 8 heavy (non-hydrogen) atoms. The van der Waals surface area contributed by atoms with Crippen LogP contribution in [0.15, 0.2) is 0 Å². The fourth-order valence-electron chi connectivity index (χ4n) is 0.712. The summed E-state index contributed by atoms with van der Waals surface area (Å²) in [7, 11) is 0. The highest BCUT2D eigenvalue weighted by molar-refractivity contribution is 5.87. The maximum absolute atomic E-state index is 10.5. The molecular formula is C7H8O. The first-order valence-electron chi connectivity index (χ1n) is 2.87. The van der Waals surface area contributed by atoms with Crippen LogP contribution in [0.4, 0.5) is 0 Å². The Morgan fingerprint density at radius 1 is 1.50 bits per heavy atom. The van der Waals surface area contributed by atoms with Crippen molar-refractivity contribution in [3.05, 3.63) is 12.8 Å². The minimum atomic E-state index is 0.162. The highest BCUT2D eigenvalue weighted by Gasteiger charge is 2.06. The van der Waals surface area contributed by atoms with Crippen LogP contribution in [0, 0.1) is 12.8 Å². The van der Waals surface area contributed by atoms with Gasteiger partial charge in [-0.3, -0.25) is 4.79 Å². The molecule has 0 heterocycles. The normalized spacial score (nSPS) is 22.8. The maximum atomic E-state index is 10.5. The van der Waals surface area contributed by atoms with Gasteiger partial charge < -0.3 is 0 Å². The van der Waals surface area contributed by atoms with Gasteiger partial charge in [0.2, 0.25) is 0 Å². The summed E-state index contributed by atoms with van der Waals surface area (Å²) in [5.41, 5.74) is 0. The number of ketones is 1. The summed E-state index contributed by atoms with van der Waals surface area (Å²) >= 11 is 0. The van der Waals surface area contributed by atoms with Crippen LogP contribution in [-0.2, 0) is 4.79 Å². The molecular weight excluding hydrogens is 100 g/mol. The van der Waals surface area contributed by atoms with E-state index in [1.807, 2.05) is 0 Å². The molecule has 0 unspecified atom stereocenters. The SMILES string of the molecule is O=C1[C]C[C]CCC1. The topological polar surface area (TPSA) is 17.1 Å². The summed E-state index contributed by atoms with van der Waals surface area (Å²) in [6.07, 6.45) is 8.97. The standard InChI is InChI=1S/C7H8O/c8-7-5-3-1-2-4-6-7/h1,3-5H2. The average molecular weight is 108 g/mol. The summed E-state index contributed by atoms with van der Waals surface area (Å²) in [6.45, 7) is 0. The van der Waals surface area contributed by atoms with E-state index in [0.29, 0.717) is 12.8 Å². The number of Topliss-reactive ketones (excluding diaryl/α,β-unsaturated/α-hetero) is 1. The highest BCUT2D eigenvalue weighted by Crippen LogP contribution is 2.10. The lowest BCUT2D eigenvalue weighted by molar-refractivity contribution is -0.115. The molecule has 1 heteroatoms. The zero-order chi connectivity index (χ0) is 5.82. The van der Waals surface area contributed by atoms with E-state index in [1.54, 1.807) is 0 Å².